The van der Waals surface area contributed by atoms with Crippen molar-refractivity contribution >= 4 is 29.6 Å². The number of carbonyl (C=O) groups is 5. The van der Waals surface area contributed by atoms with E-state index in [1.54, 1.807) is 0 Å². The molecule has 8 N–H and O–H groups in total. The van der Waals surface area contributed by atoms with Crippen molar-refractivity contribution < 1.29 is 29.1 Å². The third-order valence-electron chi connectivity index (χ3n) is 2.10. The van der Waals surface area contributed by atoms with Gasteiger partial charge in [-0.25, -0.2) is 0 Å². The summed E-state index contributed by atoms with van der Waals surface area (Å²) in [5.74, 6) is -4.37. The largest absolute Gasteiger partial charge is 0.480 e. The van der Waals surface area contributed by atoms with Gasteiger partial charge in [-0.05, 0) is 0 Å². The third kappa shape index (κ3) is 8.93. The van der Waals surface area contributed by atoms with E-state index in [1.807, 2.05) is 5.32 Å². The van der Waals surface area contributed by atoms with Gasteiger partial charge >= 0.3 is 5.97 Å². The molecule has 11 heteroatoms. The topological polar surface area (TPSA) is 194 Å². The van der Waals surface area contributed by atoms with Gasteiger partial charge in [0.2, 0.25) is 23.6 Å². The first-order valence-corrected chi connectivity index (χ1v) is 5.80. The maximum atomic E-state index is 11.6. The monoisotopic (exact) mass is 303 g/mol. The molecule has 0 saturated heterocycles. The van der Waals surface area contributed by atoms with Crippen molar-refractivity contribution in [1.82, 2.24) is 16.0 Å². The fraction of sp³-hybridized carbons (Fsp3) is 0.500. The number of hydrogen-bond donors (Lipinski definition) is 6. The van der Waals surface area contributed by atoms with Crippen LogP contribution in [0.1, 0.15) is 6.42 Å². The molecule has 0 radical (unpaired) electrons. The minimum absolute atomic E-state index is 0.308. The van der Waals surface area contributed by atoms with Gasteiger partial charge in [-0.15, -0.1) is 0 Å². The van der Waals surface area contributed by atoms with Crippen molar-refractivity contribution in [2.24, 2.45) is 11.5 Å². The Kier molecular flexibility index (Phi) is 8.07. The Morgan fingerprint density at radius 3 is 2.10 bits per heavy atom. The lowest BCUT2D eigenvalue weighted by Gasteiger charge is -2.16. The Morgan fingerprint density at radius 1 is 1.00 bits per heavy atom. The highest BCUT2D eigenvalue weighted by Gasteiger charge is 2.23. The second-order valence-corrected chi connectivity index (χ2v) is 3.88. The summed E-state index contributed by atoms with van der Waals surface area (Å²) in [4.78, 5) is 55.1. The van der Waals surface area contributed by atoms with Crippen LogP contribution >= 0.6 is 0 Å². The fourth-order valence-corrected chi connectivity index (χ4v) is 1.19. The summed E-state index contributed by atoms with van der Waals surface area (Å²) in [6.45, 7) is -1.43. The lowest BCUT2D eigenvalue weighted by Crippen LogP contribution is -2.51. The highest BCUT2D eigenvalue weighted by atomic mass is 16.4. The average Bonchev–Trinajstić information content (AvgIpc) is 2.40. The maximum absolute atomic E-state index is 11.6. The molecule has 0 aliphatic carbocycles. The minimum Gasteiger partial charge on any atom is -0.480 e. The summed E-state index contributed by atoms with van der Waals surface area (Å²) in [6.07, 6.45) is -0.512. The van der Waals surface area contributed by atoms with Crippen LogP contribution in [-0.4, -0.2) is 60.4 Å². The molecular weight excluding hydrogens is 286 g/mol. The zero-order valence-corrected chi connectivity index (χ0v) is 11.0. The zero-order valence-electron chi connectivity index (χ0n) is 11.0. The third-order valence-corrected chi connectivity index (χ3v) is 2.10. The number of aliphatic carboxylic acids is 1. The molecule has 0 saturated carbocycles. The molecule has 0 fully saturated rings. The molecule has 0 rings (SSSR count). The second kappa shape index (κ2) is 9.25. The van der Waals surface area contributed by atoms with E-state index in [0.29, 0.717) is 0 Å². The Labute approximate surface area is 119 Å². The van der Waals surface area contributed by atoms with Crippen LogP contribution in [0.4, 0.5) is 0 Å². The van der Waals surface area contributed by atoms with E-state index in [2.05, 4.69) is 10.6 Å². The van der Waals surface area contributed by atoms with Crippen LogP contribution in [0.5, 0.6) is 0 Å². The molecule has 1 unspecified atom stereocenters. The summed E-state index contributed by atoms with van der Waals surface area (Å²) in [6, 6.07) is -1.33. The molecule has 0 heterocycles. The quantitative estimate of drug-likeness (QED) is 0.247. The van der Waals surface area contributed by atoms with E-state index >= 15 is 0 Å². The molecule has 0 aliphatic heterocycles. The van der Waals surface area contributed by atoms with Crippen molar-refractivity contribution in [3.05, 3.63) is 0 Å². The Morgan fingerprint density at radius 2 is 1.62 bits per heavy atom. The number of primary amides is 1. The van der Waals surface area contributed by atoms with E-state index in [1.165, 1.54) is 0 Å². The minimum atomic E-state index is -1.33. The van der Waals surface area contributed by atoms with Crippen molar-refractivity contribution in [3.63, 3.8) is 0 Å². The highest BCUT2D eigenvalue weighted by molar-refractivity contribution is 5.94. The van der Waals surface area contributed by atoms with E-state index in [0.717, 1.165) is 0 Å². The van der Waals surface area contributed by atoms with E-state index in [-0.39, 0.29) is 6.54 Å². The van der Waals surface area contributed by atoms with Crippen molar-refractivity contribution in [2.75, 3.05) is 19.6 Å². The summed E-state index contributed by atoms with van der Waals surface area (Å²) in [5.41, 5.74) is 9.95. The first-order valence-electron chi connectivity index (χ1n) is 5.80. The zero-order chi connectivity index (χ0) is 16.4. The number of amides is 4. The van der Waals surface area contributed by atoms with Gasteiger partial charge in [-0.3, -0.25) is 24.0 Å². The second-order valence-electron chi connectivity index (χ2n) is 3.88. The molecule has 0 spiro atoms. The number of carboxylic acid groups (broad SMARTS) is 1. The predicted molar refractivity (Wildman–Crippen MR) is 68.5 cm³/mol. The van der Waals surface area contributed by atoms with Crippen molar-refractivity contribution in [1.29, 1.82) is 0 Å². The molecule has 0 aromatic heterocycles. The lowest BCUT2D eigenvalue weighted by molar-refractivity contribution is -0.138. The Balaban J connectivity index is 4.50. The van der Waals surface area contributed by atoms with Crippen molar-refractivity contribution in [2.45, 2.75) is 12.5 Å². The standard InChI is InChI=1S/C10H17N5O6/c11-2-7(17)13-3-8(18)15-5(1-6(12)16)10(21)14-4-9(19)20/h5H,1-4,11H2,(H2,12,16)(H,13,17)(H,14,21)(H,15,18)(H,19,20). The van der Waals surface area contributed by atoms with Crippen LogP contribution in [0.25, 0.3) is 0 Å². The van der Waals surface area contributed by atoms with E-state index in [9.17, 15) is 24.0 Å². The van der Waals surface area contributed by atoms with Crippen LogP contribution in [0.2, 0.25) is 0 Å². The molecule has 4 amide bonds. The van der Waals surface area contributed by atoms with Crippen LogP contribution in [0.3, 0.4) is 0 Å². The van der Waals surface area contributed by atoms with Crippen LogP contribution < -0.4 is 27.4 Å². The molecule has 11 nitrogen and oxygen atoms in total. The number of carbonyl (C=O) groups excluding carboxylic acids is 4. The predicted octanol–water partition coefficient (Wildman–Crippen LogP) is -4.38. The number of rotatable bonds is 9. The van der Waals surface area contributed by atoms with Gasteiger partial charge in [0.05, 0.1) is 19.5 Å². The van der Waals surface area contributed by atoms with Gasteiger partial charge in [0.25, 0.3) is 0 Å². The molecule has 0 aromatic carbocycles. The first-order chi connectivity index (χ1) is 9.76. The van der Waals surface area contributed by atoms with Crippen LogP contribution in [0.15, 0.2) is 0 Å². The molecular formula is C10H17N5O6. The number of nitrogens with one attached hydrogen (secondary N) is 3. The number of carboxylic acids is 1. The molecule has 0 aromatic rings. The van der Waals surface area contributed by atoms with Gasteiger partial charge in [0.15, 0.2) is 0 Å². The van der Waals surface area contributed by atoms with Crippen LogP contribution in [0, 0.1) is 0 Å². The van der Waals surface area contributed by atoms with Gasteiger partial charge in [-0.1, -0.05) is 0 Å². The van der Waals surface area contributed by atoms with Gasteiger partial charge in [0, 0.05) is 0 Å². The van der Waals surface area contributed by atoms with E-state index < -0.39 is 55.2 Å². The summed E-state index contributed by atoms with van der Waals surface area (Å²) in [5, 5.41) is 14.7. The van der Waals surface area contributed by atoms with Gasteiger partial charge < -0.3 is 32.5 Å². The SMILES string of the molecule is NCC(=O)NCC(=O)NC(CC(N)=O)C(=O)NCC(=O)O. The average molecular weight is 303 g/mol. The lowest BCUT2D eigenvalue weighted by atomic mass is 10.2. The molecule has 1 atom stereocenters. The highest BCUT2D eigenvalue weighted by Crippen LogP contribution is 1.92. The maximum Gasteiger partial charge on any atom is 0.322 e. The smallest absolute Gasteiger partial charge is 0.322 e. The fourth-order valence-electron chi connectivity index (χ4n) is 1.19. The molecule has 21 heavy (non-hydrogen) atoms. The van der Waals surface area contributed by atoms with Gasteiger partial charge in [0.1, 0.15) is 12.6 Å². The summed E-state index contributed by atoms with van der Waals surface area (Å²) < 4.78 is 0. The Bertz CT molecular complexity index is 438. The van der Waals surface area contributed by atoms with Crippen LogP contribution in [-0.2, 0) is 24.0 Å². The van der Waals surface area contributed by atoms with Gasteiger partial charge in [-0.2, -0.15) is 0 Å². The Hall–Kier alpha value is -2.69. The number of hydrogen-bond acceptors (Lipinski definition) is 6. The summed E-state index contributed by atoms with van der Waals surface area (Å²) in [7, 11) is 0. The van der Waals surface area contributed by atoms with E-state index in [4.69, 9.17) is 16.6 Å². The first kappa shape index (κ1) is 18.3. The number of nitrogens with two attached hydrogens (primary N) is 2. The molecule has 118 valence electrons. The molecule has 0 bridgehead atoms. The van der Waals surface area contributed by atoms with Crippen molar-refractivity contribution in [3.8, 4) is 0 Å². The normalized spacial score (nSPS) is 11.1. The summed E-state index contributed by atoms with van der Waals surface area (Å²) >= 11 is 0. The molecule has 0 aliphatic rings.